The lowest BCUT2D eigenvalue weighted by atomic mass is 9.62. The number of likely N-dealkylation sites (tertiary alicyclic amines) is 1. The number of ether oxygens (including phenoxy) is 2. The van der Waals surface area contributed by atoms with Gasteiger partial charge in [-0.15, -0.1) is 0 Å². The summed E-state index contributed by atoms with van der Waals surface area (Å²) in [6.07, 6.45) is -2.84. The van der Waals surface area contributed by atoms with Crippen molar-refractivity contribution in [3.8, 4) is 5.75 Å². The Bertz CT molecular complexity index is 1070. The molecule has 0 saturated carbocycles. The molecule has 3 atom stereocenters. The fraction of sp³-hybridized carbons (Fsp3) is 0.552. The number of para-hydroxylation sites is 1. The topological polar surface area (TPSA) is 71.0 Å². The molecular weight excluding hydrogens is 497 g/mol. The fourth-order valence-corrected chi connectivity index (χ4v) is 6.03. The van der Waals surface area contributed by atoms with Crippen LogP contribution in [0.3, 0.4) is 0 Å². The number of amides is 1. The van der Waals surface area contributed by atoms with Crippen LogP contribution in [0.15, 0.2) is 54.6 Å². The van der Waals surface area contributed by atoms with Crippen LogP contribution in [0.25, 0.3) is 0 Å². The highest BCUT2D eigenvalue weighted by Crippen LogP contribution is 2.51. The summed E-state index contributed by atoms with van der Waals surface area (Å²) in [5.41, 5.74) is -2.39. The summed E-state index contributed by atoms with van der Waals surface area (Å²) in [6.45, 7) is 4.07. The number of piperidine rings is 2. The van der Waals surface area contributed by atoms with Crippen molar-refractivity contribution in [1.29, 1.82) is 0 Å². The van der Waals surface area contributed by atoms with Gasteiger partial charge in [-0.1, -0.05) is 48.5 Å². The number of methoxy groups -OCH3 is 1. The van der Waals surface area contributed by atoms with Crippen LogP contribution in [0, 0.1) is 5.41 Å². The molecule has 38 heavy (non-hydrogen) atoms. The Morgan fingerprint density at radius 1 is 1.11 bits per heavy atom. The highest BCUT2D eigenvalue weighted by molar-refractivity contribution is 5.88. The molecule has 1 spiro atoms. The Hall–Kier alpha value is -2.62. The second kappa shape index (κ2) is 11.6. The maximum atomic E-state index is 14.5. The van der Waals surface area contributed by atoms with Gasteiger partial charge in [-0.25, -0.2) is 0 Å². The minimum absolute atomic E-state index is 0.0835. The Morgan fingerprint density at radius 2 is 1.76 bits per heavy atom. The van der Waals surface area contributed by atoms with E-state index in [4.69, 9.17) is 9.47 Å². The third-order valence-electron chi connectivity index (χ3n) is 8.21. The van der Waals surface area contributed by atoms with E-state index >= 15 is 0 Å². The molecule has 2 aliphatic rings. The van der Waals surface area contributed by atoms with Crippen molar-refractivity contribution in [3.05, 3.63) is 65.7 Å². The van der Waals surface area contributed by atoms with E-state index in [-0.39, 0.29) is 30.0 Å². The molecule has 2 aromatic carbocycles. The molecule has 2 N–H and O–H groups in total. The summed E-state index contributed by atoms with van der Waals surface area (Å²) in [7, 11) is 0.946. The first kappa shape index (κ1) is 28.4. The number of carbonyl (C=O) groups is 1. The molecule has 6 nitrogen and oxygen atoms in total. The lowest BCUT2D eigenvalue weighted by Crippen LogP contribution is -2.59. The molecular formula is C29H37F3N2O4. The van der Waals surface area contributed by atoms with Gasteiger partial charge in [0.05, 0.1) is 12.7 Å². The smallest absolute Gasteiger partial charge is 0.430 e. The average Bonchev–Trinajstić information content (AvgIpc) is 2.90. The second-order valence-electron chi connectivity index (χ2n) is 10.4. The van der Waals surface area contributed by atoms with E-state index < -0.39 is 23.8 Å². The molecule has 0 radical (unpaired) electrons. The number of nitrogens with one attached hydrogen (secondary N) is 1. The number of alkyl halides is 3. The quantitative estimate of drug-likeness (QED) is 0.517. The molecule has 2 fully saturated rings. The zero-order valence-corrected chi connectivity index (χ0v) is 22.0. The molecule has 0 aliphatic carbocycles. The summed E-state index contributed by atoms with van der Waals surface area (Å²) in [6, 6.07) is 15.0. The minimum Gasteiger partial charge on any atom is -0.493 e. The fourth-order valence-electron chi connectivity index (χ4n) is 6.03. The highest BCUT2D eigenvalue weighted by Gasteiger charge is 2.64. The predicted octanol–water partition coefficient (Wildman–Crippen LogP) is 4.63. The van der Waals surface area contributed by atoms with Crippen LogP contribution in [0.5, 0.6) is 5.75 Å². The van der Waals surface area contributed by atoms with Crippen molar-refractivity contribution in [1.82, 2.24) is 10.2 Å². The zero-order valence-electron chi connectivity index (χ0n) is 22.0. The van der Waals surface area contributed by atoms with Gasteiger partial charge in [0, 0.05) is 44.6 Å². The Labute approximate surface area is 222 Å². The number of benzene rings is 2. The van der Waals surface area contributed by atoms with Crippen LogP contribution in [-0.4, -0.2) is 68.1 Å². The summed E-state index contributed by atoms with van der Waals surface area (Å²) < 4.78 is 54.5. The molecule has 0 aromatic heterocycles. The number of rotatable bonds is 8. The molecule has 2 aliphatic heterocycles. The van der Waals surface area contributed by atoms with E-state index in [2.05, 4.69) is 5.32 Å². The van der Waals surface area contributed by atoms with Gasteiger partial charge >= 0.3 is 6.18 Å². The van der Waals surface area contributed by atoms with Gasteiger partial charge in [0.1, 0.15) is 5.75 Å². The van der Waals surface area contributed by atoms with Gasteiger partial charge in [-0.2, -0.15) is 13.2 Å². The lowest BCUT2D eigenvalue weighted by molar-refractivity contribution is -0.271. The Balaban J connectivity index is 1.57. The number of carbonyl (C=O) groups excluding carboxylic acids is 1. The molecule has 0 bridgehead atoms. The first-order chi connectivity index (χ1) is 18.1. The van der Waals surface area contributed by atoms with Gasteiger partial charge in [-0.3, -0.25) is 4.79 Å². The molecule has 1 amide bonds. The maximum absolute atomic E-state index is 14.5. The largest absolute Gasteiger partial charge is 0.493 e. The first-order valence-corrected chi connectivity index (χ1v) is 13.2. The molecule has 2 aromatic rings. The first-order valence-electron chi connectivity index (χ1n) is 13.2. The molecule has 1 unspecified atom stereocenters. The number of hydrogen-bond donors (Lipinski definition) is 2. The zero-order chi connectivity index (χ0) is 27.4. The van der Waals surface area contributed by atoms with Crippen LogP contribution in [-0.2, 0) is 15.1 Å². The van der Waals surface area contributed by atoms with Gasteiger partial charge < -0.3 is 24.8 Å². The molecule has 208 valence electrons. The second-order valence-corrected chi connectivity index (χ2v) is 10.4. The van der Waals surface area contributed by atoms with Crippen LogP contribution >= 0.6 is 0 Å². The van der Waals surface area contributed by atoms with E-state index in [1.54, 1.807) is 13.0 Å². The van der Waals surface area contributed by atoms with E-state index in [1.807, 2.05) is 24.3 Å². The van der Waals surface area contributed by atoms with E-state index in [1.165, 1.54) is 29.2 Å². The van der Waals surface area contributed by atoms with Crippen molar-refractivity contribution >= 4 is 5.91 Å². The summed E-state index contributed by atoms with van der Waals surface area (Å²) >= 11 is 0. The molecule has 2 heterocycles. The SMILES string of the molecule is CO[C@@](C(=O)N1CCC2(CCNCC2c2ccccc2OCC[C@H](C)O)CC1)(c1ccccc1)C(F)(F)F. The highest BCUT2D eigenvalue weighted by atomic mass is 19.4. The van der Waals surface area contributed by atoms with Crippen molar-refractivity contribution < 1.29 is 32.5 Å². The third kappa shape index (κ3) is 5.42. The van der Waals surface area contributed by atoms with Gasteiger partial charge in [0.15, 0.2) is 0 Å². The molecule has 2 saturated heterocycles. The maximum Gasteiger partial charge on any atom is 0.430 e. The number of nitrogens with zero attached hydrogens (tertiary/aromatic N) is 1. The van der Waals surface area contributed by atoms with E-state index in [0.29, 0.717) is 25.9 Å². The summed E-state index contributed by atoms with van der Waals surface area (Å²) in [5, 5.41) is 13.1. The predicted molar refractivity (Wildman–Crippen MR) is 138 cm³/mol. The standard InChI is InChI=1S/C29H37F3N2O4/c1-21(35)12-19-38-25-11-7-6-10-23(25)24-20-33-16-13-27(24)14-17-34(18-15-27)26(36)28(37-2,29(30,31)32)22-8-4-3-5-9-22/h3-11,21,24,33,35H,12-20H2,1-2H3/t21-,24?,28+/m0/s1. The van der Waals surface area contributed by atoms with Crippen LogP contribution in [0.2, 0.25) is 0 Å². The van der Waals surface area contributed by atoms with Crippen molar-refractivity contribution in [2.24, 2.45) is 5.41 Å². The van der Waals surface area contributed by atoms with Crippen molar-refractivity contribution in [2.45, 2.75) is 56.4 Å². The summed E-state index contributed by atoms with van der Waals surface area (Å²) in [5.74, 6) is -0.222. The normalized spacial score (nSPS) is 22.1. The van der Waals surface area contributed by atoms with Crippen LogP contribution in [0.4, 0.5) is 13.2 Å². The number of aliphatic hydroxyl groups excluding tert-OH is 1. The van der Waals surface area contributed by atoms with E-state index in [9.17, 15) is 23.1 Å². The molecule has 9 heteroatoms. The van der Waals surface area contributed by atoms with Gasteiger partial charge in [0.2, 0.25) is 0 Å². The van der Waals surface area contributed by atoms with E-state index in [0.717, 1.165) is 37.9 Å². The molecule has 4 rings (SSSR count). The van der Waals surface area contributed by atoms with Gasteiger partial charge in [0.25, 0.3) is 11.5 Å². The summed E-state index contributed by atoms with van der Waals surface area (Å²) in [4.78, 5) is 14.9. The number of halogens is 3. The van der Waals surface area contributed by atoms with Crippen molar-refractivity contribution in [3.63, 3.8) is 0 Å². The number of aliphatic hydroxyl groups is 1. The minimum atomic E-state index is -4.92. The Kier molecular flexibility index (Phi) is 8.69. The van der Waals surface area contributed by atoms with Crippen LogP contribution in [0.1, 0.15) is 49.7 Å². The Morgan fingerprint density at radius 3 is 2.39 bits per heavy atom. The number of hydrogen-bond acceptors (Lipinski definition) is 5. The van der Waals surface area contributed by atoms with Gasteiger partial charge in [-0.05, 0) is 49.8 Å². The lowest BCUT2D eigenvalue weighted by Gasteiger charge is -2.51. The monoisotopic (exact) mass is 534 g/mol. The van der Waals surface area contributed by atoms with Crippen LogP contribution < -0.4 is 10.1 Å². The third-order valence-corrected chi connectivity index (χ3v) is 8.21. The van der Waals surface area contributed by atoms with Crippen molar-refractivity contribution in [2.75, 3.05) is 39.9 Å². The average molecular weight is 535 g/mol.